The van der Waals surface area contributed by atoms with Crippen LogP contribution >= 0.6 is 23.1 Å². The maximum atomic E-state index is 10.9. The van der Waals surface area contributed by atoms with Crippen molar-refractivity contribution in [3.63, 3.8) is 0 Å². The third kappa shape index (κ3) is 1.11. The van der Waals surface area contributed by atoms with E-state index in [1.807, 2.05) is 11.4 Å². The minimum absolute atomic E-state index is 0.430. The van der Waals surface area contributed by atoms with Gasteiger partial charge in [-0.25, -0.2) is 0 Å². The molecule has 1 aromatic carbocycles. The van der Waals surface area contributed by atoms with E-state index in [-0.39, 0.29) is 0 Å². The zero-order valence-corrected chi connectivity index (χ0v) is 7.52. The van der Waals surface area contributed by atoms with E-state index in [0.29, 0.717) is 5.56 Å². The van der Waals surface area contributed by atoms with E-state index in [2.05, 4.69) is 4.37 Å². The third-order valence-electron chi connectivity index (χ3n) is 1.62. The smallest absolute Gasteiger partial charge is 0.253 e. The van der Waals surface area contributed by atoms with Crippen LogP contribution in [0, 0.1) is 0 Å². The van der Waals surface area contributed by atoms with Crippen LogP contribution < -0.4 is 0 Å². The first-order chi connectivity index (χ1) is 5.79. The maximum Gasteiger partial charge on any atom is 0.253 e. The number of hydrogen-bond donors (Lipinski definition) is 0. The first-order valence-electron chi connectivity index (χ1n) is 3.32. The summed E-state index contributed by atoms with van der Waals surface area (Å²) in [6.07, 6.45) is 0. The van der Waals surface area contributed by atoms with Gasteiger partial charge in [-0.1, -0.05) is 6.07 Å². The lowest BCUT2D eigenvalue weighted by Crippen LogP contribution is -1.87. The monoisotopic (exact) mass is 197 g/mol. The number of halogens is 1. The van der Waals surface area contributed by atoms with Crippen molar-refractivity contribution in [3.8, 4) is 0 Å². The Morgan fingerprint density at radius 2 is 2.33 bits per heavy atom. The number of benzene rings is 1. The predicted molar refractivity (Wildman–Crippen MR) is 49.8 cm³/mol. The molecule has 0 saturated carbocycles. The standard InChI is InChI=1S/C8H4ClNOS/c9-8(11)5-2-1-3-7-6(5)4-12-10-7/h1-4H. The first-order valence-corrected chi connectivity index (χ1v) is 4.53. The Bertz CT molecular complexity index is 437. The van der Waals surface area contributed by atoms with Gasteiger partial charge in [-0.2, -0.15) is 4.37 Å². The van der Waals surface area contributed by atoms with Gasteiger partial charge in [0.25, 0.3) is 5.24 Å². The van der Waals surface area contributed by atoms with Gasteiger partial charge in [0, 0.05) is 16.3 Å². The Morgan fingerprint density at radius 3 is 3.08 bits per heavy atom. The molecule has 12 heavy (non-hydrogen) atoms. The molecule has 0 atom stereocenters. The number of hydrogen-bond acceptors (Lipinski definition) is 3. The highest BCUT2D eigenvalue weighted by molar-refractivity contribution is 7.04. The van der Waals surface area contributed by atoms with E-state index < -0.39 is 5.24 Å². The average Bonchev–Trinajstić information content (AvgIpc) is 2.49. The lowest BCUT2D eigenvalue weighted by Gasteiger charge is -1.93. The van der Waals surface area contributed by atoms with E-state index in [0.717, 1.165) is 10.9 Å². The van der Waals surface area contributed by atoms with Gasteiger partial charge in [-0.3, -0.25) is 4.79 Å². The number of fused-ring (bicyclic) bond motifs is 1. The molecule has 2 rings (SSSR count). The molecule has 0 spiro atoms. The molecule has 0 fully saturated rings. The molecule has 2 aromatic rings. The van der Waals surface area contributed by atoms with E-state index in [1.165, 1.54) is 11.5 Å². The van der Waals surface area contributed by atoms with Crippen LogP contribution in [0.15, 0.2) is 23.6 Å². The van der Waals surface area contributed by atoms with Crippen molar-refractivity contribution in [3.05, 3.63) is 29.1 Å². The summed E-state index contributed by atoms with van der Waals surface area (Å²) < 4.78 is 4.09. The van der Waals surface area contributed by atoms with Crippen LogP contribution in [0.2, 0.25) is 0 Å². The van der Waals surface area contributed by atoms with Crippen molar-refractivity contribution >= 4 is 39.3 Å². The highest BCUT2D eigenvalue weighted by Gasteiger charge is 2.07. The van der Waals surface area contributed by atoms with E-state index in [9.17, 15) is 4.79 Å². The first kappa shape index (κ1) is 7.71. The summed E-state index contributed by atoms with van der Waals surface area (Å²) in [5.41, 5.74) is 1.36. The van der Waals surface area contributed by atoms with Gasteiger partial charge >= 0.3 is 0 Å². The van der Waals surface area contributed by atoms with Crippen molar-refractivity contribution in [1.29, 1.82) is 0 Å². The van der Waals surface area contributed by atoms with Crippen LogP contribution in [0.1, 0.15) is 10.4 Å². The van der Waals surface area contributed by atoms with Crippen molar-refractivity contribution in [2.75, 3.05) is 0 Å². The quantitative estimate of drug-likeness (QED) is 0.658. The summed E-state index contributed by atoms with van der Waals surface area (Å²) in [6, 6.07) is 5.33. The summed E-state index contributed by atoms with van der Waals surface area (Å²) in [5.74, 6) is 0. The van der Waals surface area contributed by atoms with E-state index >= 15 is 0 Å². The average molecular weight is 198 g/mol. The molecule has 0 aliphatic heterocycles. The molecular weight excluding hydrogens is 194 g/mol. The zero-order chi connectivity index (χ0) is 8.55. The Hall–Kier alpha value is -0.930. The molecule has 4 heteroatoms. The molecule has 0 aliphatic carbocycles. The highest BCUT2D eigenvalue weighted by atomic mass is 35.5. The molecule has 0 unspecified atom stereocenters. The van der Waals surface area contributed by atoms with Crippen molar-refractivity contribution in [2.45, 2.75) is 0 Å². The summed E-state index contributed by atoms with van der Waals surface area (Å²) in [4.78, 5) is 10.9. The topological polar surface area (TPSA) is 30.0 Å². The zero-order valence-electron chi connectivity index (χ0n) is 5.95. The number of carbonyl (C=O) groups excluding carboxylic acids is 1. The molecule has 0 radical (unpaired) electrons. The normalized spacial score (nSPS) is 10.4. The summed E-state index contributed by atoms with van der Waals surface area (Å²) in [6.45, 7) is 0. The molecule has 60 valence electrons. The fourth-order valence-electron chi connectivity index (χ4n) is 1.06. The number of aromatic nitrogens is 1. The number of nitrogens with zero attached hydrogens (tertiary/aromatic N) is 1. The van der Waals surface area contributed by atoms with Gasteiger partial charge in [0.15, 0.2) is 0 Å². The molecule has 0 bridgehead atoms. The van der Waals surface area contributed by atoms with Crippen LogP contribution in [-0.2, 0) is 0 Å². The number of carbonyl (C=O) groups is 1. The summed E-state index contributed by atoms with van der Waals surface area (Å²) >= 11 is 6.70. The van der Waals surface area contributed by atoms with Crippen molar-refractivity contribution in [1.82, 2.24) is 4.37 Å². The van der Waals surface area contributed by atoms with E-state index in [4.69, 9.17) is 11.6 Å². The molecular formula is C8H4ClNOS. The second-order valence-corrected chi connectivity index (χ2v) is 3.30. The van der Waals surface area contributed by atoms with Crippen LogP contribution in [0.4, 0.5) is 0 Å². The summed E-state index contributed by atoms with van der Waals surface area (Å²) in [7, 11) is 0. The van der Waals surface area contributed by atoms with Gasteiger partial charge < -0.3 is 0 Å². The second-order valence-electron chi connectivity index (χ2n) is 2.33. The molecule has 0 amide bonds. The maximum absolute atomic E-state index is 10.9. The molecule has 0 aliphatic rings. The molecule has 1 aromatic heterocycles. The van der Waals surface area contributed by atoms with Gasteiger partial charge in [0.2, 0.25) is 0 Å². The van der Waals surface area contributed by atoms with Crippen LogP contribution in [0.25, 0.3) is 10.9 Å². The fourth-order valence-corrected chi connectivity index (χ4v) is 1.91. The lowest BCUT2D eigenvalue weighted by atomic mass is 10.1. The number of rotatable bonds is 1. The van der Waals surface area contributed by atoms with Crippen molar-refractivity contribution in [2.24, 2.45) is 0 Å². The SMILES string of the molecule is O=C(Cl)c1cccc2nscc12. The minimum Gasteiger partial charge on any atom is -0.276 e. The fraction of sp³-hybridized carbons (Fsp3) is 0. The van der Waals surface area contributed by atoms with Crippen LogP contribution in [-0.4, -0.2) is 9.62 Å². The molecule has 0 N–H and O–H groups in total. The van der Waals surface area contributed by atoms with Crippen LogP contribution in [0.3, 0.4) is 0 Å². The van der Waals surface area contributed by atoms with Gasteiger partial charge in [-0.05, 0) is 35.3 Å². The highest BCUT2D eigenvalue weighted by Crippen LogP contribution is 2.20. The van der Waals surface area contributed by atoms with Gasteiger partial charge in [-0.15, -0.1) is 0 Å². The van der Waals surface area contributed by atoms with E-state index in [1.54, 1.807) is 12.1 Å². The summed E-state index contributed by atoms with van der Waals surface area (Å²) in [5, 5.41) is 2.23. The Morgan fingerprint density at radius 1 is 1.50 bits per heavy atom. The Labute approximate surface area is 77.9 Å². The third-order valence-corrected chi connectivity index (χ3v) is 2.46. The largest absolute Gasteiger partial charge is 0.276 e. The Balaban J connectivity index is 2.82. The lowest BCUT2D eigenvalue weighted by molar-refractivity contribution is 0.108. The van der Waals surface area contributed by atoms with Gasteiger partial charge in [0.05, 0.1) is 5.52 Å². The molecule has 0 saturated heterocycles. The predicted octanol–water partition coefficient (Wildman–Crippen LogP) is 2.68. The van der Waals surface area contributed by atoms with Gasteiger partial charge in [0.1, 0.15) is 0 Å². The second kappa shape index (κ2) is 2.84. The van der Waals surface area contributed by atoms with Crippen molar-refractivity contribution < 1.29 is 4.79 Å². The molecule has 1 heterocycles. The Kier molecular flexibility index (Phi) is 1.83. The molecule has 2 nitrogen and oxygen atoms in total. The van der Waals surface area contributed by atoms with Crippen LogP contribution in [0.5, 0.6) is 0 Å². The minimum atomic E-state index is -0.430.